The van der Waals surface area contributed by atoms with Gasteiger partial charge in [0.05, 0.1) is 3.79 Å². The van der Waals surface area contributed by atoms with Crippen LogP contribution in [0.25, 0.3) is 0 Å². The average molecular weight is 431 g/mol. The molecule has 0 radical (unpaired) electrons. The van der Waals surface area contributed by atoms with E-state index in [2.05, 4.69) is 88.3 Å². The summed E-state index contributed by atoms with van der Waals surface area (Å²) in [7, 11) is 2.02. The Kier molecular flexibility index (Phi) is 5.69. The molecular formula is C17H21Br2NS. The van der Waals surface area contributed by atoms with Gasteiger partial charge in [0.15, 0.2) is 0 Å². The minimum absolute atomic E-state index is 0.213. The van der Waals surface area contributed by atoms with Crippen LogP contribution in [0.1, 0.15) is 42.8 Å². The topological polar surface area (TPSA) is 12.0 Å². The Balaban J connectivity index is 2.15. The molecule has 1 nitrogen and oxygen atoms in total. The molecule has 1 aromatic carbocycles. The summed E-state index contributed by atoms with van der Waals surface area (Å²) < 4.78 is 2.28. The van der Waals surface area contributed by atoms with Crippen LogP contribution in [0.2, 0.25) is 0 Å². The third-order valence-electron chi connectivity index (χ3n) is 3.62. The first-order valence-corrected chi connectivity index (χ1v) is 9.43. The largest absolute Gasteiger partial charge is 0.312 e. The normalized spacial score (nSPS) is 13.4. The second kappa shape index (κ2) is 6.95. The number of halogens is 2. The number of benzene rings is 1. The molecule has 2 rings (SSSR count). The predicted molar refractivity (Wildman–Crippen MR) is 100 cm³/mol. The van der Waals surface area contributed by atoms with Crippen molar-refractivity contribution < 1.29 is 0 Å². The first-order chi connectivity index (χ1) is 9.81. The molecule has 0 aliphatic carbocycles. The van der Waals surface area contributed by atoms with Gasteiger partial charge < -0.3 is 5.32 Å². The second-order valence-corrected chi connectivity index (χ2v) is 9.52. The van der Waals surface area contributed by atoms with Crippen molar-refractivity contribution in [2.75, 3.05) is 7.05 Å². The van der Waals surface area contributed by atoms with Gasteiger partial charge in [0.2, 0.25) is 0 Å². The van der Waals surface area contributed by atoms with Crippen molar-refractivity contribution in [2.24, 2.45) is 0 Å². The Morgan fingerprint density at radius 1 is 1.14 bits per heavy atom. The van der Waals surface area contributed by atoms with Gasteiger partial charge >= 0.3 is 0 Å². The van der Waals surface area contributed by atoms with Gasteiger partial charge in [0, 0.05) is 15.4 Å². The predicted octanol–water partition coefficient (Wildman–Crippen LogP) is 6.07. The van der Waals surface area contributed by atoms with Crippen LogP contribution in [0.3, 0.4) is 0 Å². The van der Waals surface area contributed by atoms with E-state index in [-0.39, 0.29) is 5.41 Å². The van der Waals surface area contributed by atoms with Gasteiger partial charge in [-0.25, -0.2) is 0 Å². The Morgan fingerprint density at radius 3 is 2.19 bits per heavy atom. The highest BCUT2D eigenvalue weighted by atomic mass is 79.9. The van der Waals surface area contributed by atoms with E-state index in [1.54, 1.807) is 11.3 Å². The fourth-order valence-corrected chi connectivity index (χ4v) is 4.46. The molecule has 1 unspecified atom stereocenters. The molecule has 2 aromatic rings. The van der Waals surface area contributed by atoms with Crippen LogP contribution >= 0.6 is 43.2 Å². The minimum atomic E-state index is 0.213. The third kappa shape index (κ3) is 4.41. The van der Waals surface area contributed by atoms with Crippen LogP contribution in [-0.4, -0.2) is 7.05 Å². The summed E-state index contributed by atoms with van der Waals surface area (Å²) >= 11 is 8.92. The molecule has 0 bridgehead atoms. The summed E-state index contributed by atoms with van der Waals surface area (Å²) in [5, 5.41) is 3.42. The van der Waals surface area contributed by atoms with Crippen molar-refractivity contribution in [2.45, 2.75) is 38.6 Å². The zero-order valence-electron chi connectivity index (χ0n) is 12.8. The van der Waals surface area contributed by atoms with E-state index in [1.165, 1.54) is 16.0 Å². The molecule has 0 spiro atoms. The monoisotopic (exact) mass is 429 g/mol. The lowest BCUT2D eigenvalue weighted by molar-refractivity contribution is 0.586. The van der Waals surface area contributed by atoms with Crippen molar-refractivity contribution in [1.82, 2.24) is 5.32 Å². The van der Waals surface area contributed by atoms with Gasteiger partial charge in [-0.1, -0.05) is 45.0 Å². The molecule has 0 aliphatic heterocycles. The maximum atomic E-state index is 3.57. The molecular weight excluding hydrogens is 410 g/mol. The van der Waals surface area contributed by atoms with Gasteiger partial charge in [0.1, 0.15) is 0 Å². The molecule has 0 aliphatic rings. The zero-order valence-corrected chi connectivity index (χ0v) is 16.8. The summed E-state index contributed by atoms with van der Waals surface area (Å²) in [6, 6.07) is 11.5. The fraction of sp³-hybridized carbons (Fsp3) is 0.412. The average Bonchev–Trinajstić information content (AvgIpc) is 2.75. The number of nitrogens with one attached hydrogen (secondary N) is 1. The number of hydrogen-bond donors (Lipinski definition) is 1. The van der Waals surface area contributed by atoms with E-state index >= 15 is 0 Å². The first kappa shape index (κ1) is 17.2. The maximum Gasteiger partial charge on any atom is 0.0843 e. The molecule has 114 valence electrons. The second-order valence-electron chi connectivity index (χ2n) is 6.26. The van der Waals surface area contributed by atoms with E-state index in [9.17, 15) is 0 Å². The molecule has 0 amide bonds. The number of rotatable bonds is 4. The lowest BCUT2D eigenvalue weighted by Crippen LogP contribution is -2.18. The van der Waals surface area contributed by atoms with Gasteiger partial charge in [-0.05, 0) is 67.9 Å². The molecule has 1 atom stereocenters. The van der Waals surface area contributed by atoms with Gasteiger partial charge in [0.25, 0.3) is 0 Å². The molecule has 1 heterocycles. The molecule has 4 heteroatoms. The van der Waals surface area contributed by atoms with Crippen LogP contribution < -0.4 is 5.32 Å². The third-order valence-corrected chi connectivity index (χ3v) is 6.99. The van der Waals surface area contributed by atoms with Crippen LogP contribution in [0, 0.1) is 0 Å². The molecule has 21 heavy (non-hydrogen) atoms. The highest BCUT2D eigenvalue weighted by molar-refractivity contribution is 9.13. The molecule has 1 aromatic heterocycles. The first-order valence-electron chi connectivity index (χ1n) is 7.02. The summed E-state index contributed by atoms with van der Waals surface area (Å²) in [6.45, 7) is 6.75. The van der Waals surface area contributed by atoms with Gasteiger partial charge in [-0.3, -0.25) is 0 Å². The smallest absolute Gasteiger partial charge is 0.0843 e. The van der Waals surface area contributed by atoms with Crippen molar-refractivity contribution in [3.63, 3.8) is 0 Å². The highest BCUT2D eigenvalue weighted by Gasteiger charge is 2.16. The minimum Gasteiger partial charge on any atom is -0.312 e. The van der Waals surface area contributed by atoms with Crippen molar-refractivity contribution >= 4 is 43.2 Å². The SMILES string of the molecule is CNC(Cc1ccc(C(C)(C)C)cc1)c1cc(Br)c(Br)s1. The van der Waals surface area contributed by atoms with Crippen molar-refractivity contribution in [3.05, 3.63) is 54.6 Å². The Hall–Kier alpha value is -0.160. The van der Waals surface area contributed by atoms with Crippen LogP contribution in [0.15, 0.2) is 38.6 Å². The van der Waals surface area contributed by atoms with E-state index in [0.29, 0.717) is 6.04 Å². The van der Waals surface area contributed by atoms with E-state index in [0.717, 1.165) is 14.7 Å². The Morgan fingerprint density at radius 2 is 1.76 bits per heavy atom. The summed E-state index contributed by atoms with van der Waals surface area (Å²) in [6.07, 6.45) is 1.00. The van der Waals surface area contributed by atoms with Gasteiger partial charge in [-0.2, -0.15) is 0 Å². The number of likely N-dealkylation sites (N-methyl/N-ethyl adjacent to an activating group) is 1. The Labute approximate surface area is 148 Å². The van der Waals surface area contributed by atoms with Crippen molar-refractivity contribution in [3.8, 4) is 0 Å². The molecule has 1 N–H and O–H groups in total. The van der Waals surface area contributed by atoms with Crippen LogP contribution in [0.4, 0.5) is 0 Å². The lowest BCUT2D eigenvalue weighted by Gasteiger charge is -2.20. The molecule has 0 saturated carbocycles. The zero-order chi connectivity index (χ0) is 15.6. The van der Waals surface area contributed by atoms with Crippen LogP contribution in [0.5, 0.6) is 0 Å². The molecule has 0 fully saturated rings. The Bertz CT molecular complexity index is 577. The standard InChI is InChI=1S/C17H21Br2NS/c1-17(2,3)12-7-5-11(6-8-12)9-14(20-4)15-10-13(18)16(19)21-15/h5-8,10,14,20H,9H2,1-4H3. The number of thiophene rings is 1. The lowest BCUT2D eigenvalue weighted by atomic mass is 9.86. The van der Waals surface area contributed by atoms with Crippen LogP contribution in [-0.2, 0) is 11.8 Å². The van der Waals surface area contributed by atoms with E-state index in [1.807, 2.05) is 7.05 Å². The van der Waals surface area contributed by atoms with E-state index < -0.39 is 0 Å². The fourth-order valence-electron chi connectivity index (χ4n) is 2.26. The summed E-state index contributed by atoms with van der Waals surface area (Å²) in [5.74, 6) is 0. The van der Waals surface area contributed by atoms with Crippen molar-refractivity contribution in [1.29, 1.82) is 0 Å². The quantitative estimate of drug-likeness (QED) is 0.620. The maximum absolute atomic E-state index is 3.57. The summed E-state index contributed by atoms with van der Waals surface area (Å²) in [4.78, 5) is 1.34. The summed E-state index contributed by atoms with van der Waals surface area (Å²) in [5.41, 5.74) is 2.96. The number of hydrogen-bond acceptors (Lipinski definition) is 2. The highest BCUT2D eigenvalue weighted by Crippen LogP contribution is 2.36. The molecule has 0 saturated heterocycles. The van der Waals surface area contributed by atoms with E-state index in [4.69, 9.17) is 0 Å². The van der Waals surface area contributed by atoms with Gasteiger partial charge in [-0.15, -0.1) is 11.3 Å².